The van der Waals surface area contributed by atoms with Crippen LogP contribution in [0.3, 0.4) is 0 Å². The molecule has 0 saturated carbocycles. The van der Waals surface area contributed by atoms with Crippen molar-refractivity contribution < 1.29 is 14.3 Å². The van der Waals surface area contributed by atoms with E-state index in [9.17, 15) is 4.79 Å². The van der Waals surface area contributed by atoms with Gasteiger partial charge in [-0.2, -0.15) is 0 Å². The Hall–Kier alpha value is -3.78. The van der Waals surface area contributed by atoms with E-state index in [1.807, 2.05) is 76.2 Å². The van der Waals surface area contributed by atoms with E-state index in [-0.39, 0.29) is 17.7 Å². The highest BCUT2D eigenvalue weighted by atomic mass is 32.2. The quantitative estimate of drug-likeness (QED) is 0.342. The number of hydrogen-bond acceptors (Lipinski definition) is 6. The Bertz CT molecular complexity index is 1350. The van der Waals surface area contributed by atoms with Gasteiger partial charge in [0.05, 0.1) is 31.2 Å². The van der Waals surface area contributed by atoms with Gasteiger partial charge < -0.3 is 14.4 Å². The number of benzene rings is 3. The molecule has 1 aromatic heterocycles. The highest BCUT2D eigenvalue weighted by Gasteiger charge is 2.31. The monoisotopic (exact) mass is 486 g/mol. The highest BCUT2D eigenvalue weighted by Crippen LogP contribution is 2.35. The van der Waals surface area contributed by atoms with Crippen molar-refractivity contribution in [3.8, 4) is 28.6 Å². The molecule has 0 aliphatic carbocycles. The number of hydrogen-bond donors (Lipinski definition) is 0. The Balaban J connectivity index is 1.48. The molecule has 2 heterocycles. The van der Waals surface area contributed by atoms with Crippen molar-refractivity contribution in [3.63, 3.8) is 0 Å². The van der Waals surface area contributed by atoms with Crippen LogP contribution in [0.25, 0.3) is 17.1 Å². The van der Waals surface area contributed by atoms with Crippen LogP contribution in [0, 0.1) is 0 Å². The first-order valence-electron chi connectivity index (χ1n) is 11.4. The van der Waals surface area contributed by atoms with Crippen molar-refractivity contribution in [2.45, 2.75) is 24.5 Å². The molecule has 5 rings (SSSR count). The number of anilines is 1. The smallest absolute Gasteiger partial charge is 0.237 e. The topological polar surface area (TPSA) is 69.5 Å². The number of thioether (sulfide) groups is 1. The molecule has 1 aliphatic heterocycles. The average Bonchev–Trinajstić information content (AvgIpc) is 3.47. The summed E-state index contributed by atoms with van der Waals surface area (Å²) in [6.07, 6.45) is 0.868. The lowest BCUT2D eigenvalue weighted by molar-refractivity contribution is -0.116. The molecule has 35 heavy (non-hydrogen) atoms. The number of para-hydroxylation sites is 2. The van der Waals surface area contributed by atoms with Crippen LogP contribution in [0.5, 0.6) is 11.5 Å². The minimum absolute atomic E-state index is 0.0515. The summed E-state index contributed by atoms with van der Waals surface area (Å²) in [7, 11) is 3.27. The third-order valence-corrected chi connectivity index (χ3v) is 7.03. The van der Waals surface area contributed by atoms with Gasteiger partial charge in [-0.05, 0) is 61.4 Å². The molecule has 0 saturated heterocycles. The fourth-order valence-electron chi connectivity index (χ4n) is 4.47. The molecule has 0 N–H and O–H groups in total. The van der Waals surface area contributed by atoms with Gasteiger partial charge in [-0.1, -0.05) is 42.1 Å². The molecule has 4 aromatic rings. The molecule has 178 valence electrons. The maximum atomic E-state index is 13.3. The van der Waals surface area contributed by atoms with Crippen molar-refractivity contribution in [2.24, 2.45) is 0 Å². The Morgan fingerprint density at radius 2 is 1.71 bits per heavy atom. The molecule has 1 amide bonds. The molecule has 8 heteroatoms. The first kappa shape index (κ1) is 23.0. The number of carbonyl (C=O) groups is 1. The molecule has 0 spiro atoms. The number of fused-ring (bicyclic) bond motifs is 1. The van der Waals surface area contributed by atoms with Gasteiger partial charge >= 0.3 is 0 Å². The summed E-state index contributed by atoms with van der Waals surface area (Å²) in [5, 5.41) is 9.59. The van der Waals surface area contributed by atoms with E-state index in [0.29, 0.717) is 16.7 Å². The second-order valence-electron chi connectivity index (χ2n) is 8.27. The van der Waals surface area contributed by atoms with Gasteiger partial charge in [-0.15, -0.1) is 10.2 Å². The van der Waals surface area contributed by atoms with Gasteiger partial charge in [-0.3, -0.25) is 9.36 Å². The number of carbonyl (C=O) groups excluding carboxylic acids is 1. The summed E-state index contributed by atoms with van der Waals surface area (Å²) >= 11 is 1.38. The molecule has 0 bridgehead atoms. The standard InChI is InChI=1S/C27H26N4O3S/c1-18-16-19-8-4-6-10-23(19)30(18)25(32)17-35-27-29-28-26(22-9-5-7-11-24(22)34-3)31(27)20-12-14-21(33-2)15-13-20/h4-15,18H,16-17H2,1-3H3. The van der Waals surface area contributed by atoms with Gasteiger partial charge in [0.1, 0.15) is 11.5 Å². The maximum absolute atomic E-state index is 13.3. The number of aromatic nitrogens is 3. The lowest BCUT2D eigenvalue weighted by atomic mass is 10.1. The summed E-state index contributed by atoms with van der Waals surface area (Å²) < 4.78 is 12.9. The number of amides is 1. The summed E-state index contributed by atoms with van der Waals surface area (Å²) in [6.45, 7) is 2.09. The lowest BCUT2D eigenvalue weighted by Crippen LogP contribution is -2.37. The van der Waals surface area contributed by atoms with E-state index in [2.05, 4.69) is 23.2 Å². The lowest BCUT2D eigenvalue weighted by Gasteiger charge is -2.22. The van der Waals surface area contributed by atoms with Crippen LogP contribution < -0.4 is 14.4 Å². The number of nitrogens with zero attached hydrogens (tertiary/aromatic N) is 4. The Labute approximate surface area is 208 Å². The summed E-state index contributed by atoms with van der Waals surface area (Å²) in [4.78, 5) is 15.2. The Morgan fingerprint density at radius 1 is 0.971 bits per heavy atom. The number of rotatable bonds is 7. The molecule has 0 fully saturated rings. The first-order chi connectivity index (χ1) is 17.1. The molecule has 7 nitrogen and oxygen atoms in total. The van der Waals surface area contributed by atoms with Gasteiger partial charge in [0, 0.05) is 11.7 Å². The Kier molecular flexibility index (Phi) is 6.46. The van der Waals surface area contributed by atoms with Crippen LogP contribution in [0.15, 0.2) is 78.0 Å². The zero-order valence-corrected chi connectivity index (χ0v) is 20.7. The van der Waals surface area contributed by atoms with Crippen LogP contribution in [0.1, 0.15) is 12.5 Å². The summed E-state index contributed by atoms with van der Waals surface area (Å²) in [5.41, 5.74) is 3.89. The van der Waals surface area contributed by atoms with Crippen molar-refractivity contribution in [3.05, 3.63) is 78.4 Å². The van der Waals surface area contributed by atoms with E-state index < -0.39 is 0 Å². The van der Waals surface area contributed by atoms with E-state index in [1.165, 1.54) is 17.3 Å². The molecule has 0 radical (unpaired) electrons. The van der Waals surface area contributed by atoms with E-state index in [1.54, 1.807) is 14.2 Å². The minimum Gasteiger partial charge on any atom is -0.497 e. The third-order valence-electron chi connectivity index (χ3n) is 6.11. The van der Waals surface area contributed by atoms with E-state index in [4.69, 9.17) is 9.47 Å². The van der Waals surface area contributed by atoms with Crippen LogP contribution in [0.4, 0.5) is 5.69 Å². The van der Waals surface area contributed by atoms with Crippen LogP contribution >= 0.6 is 11.8 Å². The third kappa shape index (κ3) is 4.37. The summed E-state index contributed by atoms with van der Waals surface area (Å²) in [6, 6.07) is 23.6. The molecular weight excluding hydrogens is 460 g/mol. The predicted octanol–water partition coefficient (Wildman–Crippen LogP) is 5.02. The van der Waals surface area contributed by atoms with Crippen molar-refractivity contribution in [1.82, 2.24) is 14.8 Å². The second-order valence-corrected chi connectivity index (χ2v) is 9.22. The predicted molar refractivity (Wildman–Crippen MR) is 138 cm³/mol. The Morgan fingerprint density at radius 3 is 2.49 bits per heavy atom. The fourth-order valence-corrected chi connectivity index (χ4v) is 5.28. The fraction of sp³-hybridized carbons (Fsp3) is 0.222. The summed E-state index contributed by atoms with van der Waals surface area (Å²) in [5.74, 6) is 2.40. The second kappa shape index (κ2) is 9.84. The van der Waals surface area contributed by atoms with E-state index >= 15 is 0 Å². The van der Waals surface area contributed by atoms with Crippen LogP contribution in [0.2, 0.25) is 0 Å². The van der Waals surface area contributed by atoms with Gasteiger partial charge in [-0.25, -0.2) is 0 Å². The zero-order valence-electron chi connectivity index (χ0n) is 19.8. The van der Waals surface area contributed by atoms with Crippen LogP contribution in [-0.2, 0) is 11.2 Å². The van der Waals surface area contributed by atoms with E-state index in [0.717, 1.165) is 29.1 Å². The average molecular weight is 487 g/mol. The van der Waals surface area contributed by atoms with Crippen molar-refractivity contribution in [1.29, 1.82) is 0 Å². The van der Waals surface area contributed by atoms with Gasteiger partial charge in [0.15, 0.2) is 11.0 Å². The number of methoxy groups -OCH3 is 2. The van der Waals surface area contributed by atoms with Crippen LogP contribution in [-0.4, -0.2) is 46.7 Å². The van der Waals surface area contributed by atoms with Crippen molar-refractivity contribution >= 4 is 23.4 Å². The maximum Gasteiger partial charge on any atom is 0.237 e. The first-order valence-corrected chi connectivity index (χ1v) is 12.3. The number of ether oxygens (including phenoxy) is 2. The molecule has 3 aromatic carbocycles. The van der Waals surface area contributed by atoms with Crippen molar-refractivity contribution in [2.75, 3.05) is 24.9 Å². The normalized spacial score (nSPS) is 14.6. The zero-order chi connectivity index (χ0) is 24.4. The van der Waals surface area contributed by atoms with Gasteiger partial charge in [0.2, 0.25) is 5.91 Å². The largest absolute Gasteiger partial charge is 0.497 e. The molecule has 1 atom stereocenters. The molecular formula is C27H26N4O3S. The molecule has 1 aliphatic rings. The SMILES string of the molecule is COc1ccc(-n2c(SCC(=O)N3c4ccccc4CC3C)nnc2-c2ccccc2OC)cc1. The van der Waals surface area contributed by atoms with Gasteiger partial charge in [0.25, 0.3) is 0 Å². The minimum atomic E-state index is 0.0515. The highest BCUT2D eigenvalue weighted by molar-refractivity contribution is 7.99. The molecule has 1 unspecified atom stereocenters.